The standard InChI is InChI=1S/C14H17N3O2S/c15-9-8-12-4-6-14(7-5-12)20(18,19)17-11-13-3-1-2-10-16-13/h1-7,10,17H,8-9,11,15H2. The summed E-state index contributed by atoms with van der Waals surface area (Å²) in [6.07, 6.45) is 2.37. The van der Waals surface area contributed by atoms with Crippen molar-refractivity contribution in [1.82, 2.24) is 9.71 Å². The van der Waals surface area contributed by atoms with Gasteiger partial charge in [-0.2, -0.15) is 0 Å². The van der Waals surface area contributed by atoms with E-state index in [0.29, 0.717) is 12.2 Å². The summed E-state index contributed by atoms with van der Waals surface area (Å²) in [7, 11) is -3.51. The maximum Gasteiger partial charge on any atom is 0.240 e. The minimum absolute atomic E-state index is 0.174. The highest BCUT2D eigenvalue weighted by Gasteiger charge is 2.13. The molecule has 0 radical (unpaired) electrons. The molecule has 5 nitrogen and oxygen atoms in total. The first-order valence-corrected chi connectivity index (χ1v) is 7.79. The Bertz CT molecular complexity index is 640. The number of rotatable bonds is 6. The van der Waals surface area contributed by atoms with Crippen LogP contribution in [0.15, 0.2) is 53.6 Å². The number of nitrogens with two attached hydrogens (primary N) is 1. The molecule has 0 aliphatic carbocycles. The third kappa shape index (κ3) is 3.86. The van der Waals surface area contributed by atoms with Gasteiger partial charge in [-0.15, -0.1) is 0 Å². The van der Waals surface area contributed by atoms with Gasteiger partial charge in [-0.05, 0) is 42.8 Å². The zero-order chi connectivity index (χ0) is 14.4. The zero-order valence-electron chi connectivity index (χ0n) is 11.0. The number of hydrogen-bond acceptors (Lipinski definition) is 4. The predicted molar refractivity (Wildman–Crippen MR) is 77.5 cm³/mol. The van der Waals surface area contributed by atoms with Crippen molar-refractivity contribution in [2.75, 3.05) is 6.54 Å². The quantitative estimate of drug-likeness (QED) is 0.833. The normalized spacial score (nSPS) is 11.4. The van der Waals surface area contributed by atoms with Crippen LogP contribution in [-0.2, 0) is 23.0 Å². The molecule has 6 heteroatoms. The molecule has 106 valence electrons. The summed E-state index contributed by atoms with van der Waals surface area (Å²) in [6.45, 7) is 0.720. The van der Waals surface area contributed by atoms with Gasteiger partial charge in [0.25, 0.3) is 0 Å². The van der Waals surface area contributed by atoms with Gasteiger partial charge < -0.3 is 5.73 Å². The number of sulfonamides is 1. The SMILES string of the molecule is NCCc1ccc(S(=O)(=O)NCc2ccccn2)cc1. The zero-order valence-corrected chi connectivity index (χ0v) is 11.8. The Labute approximate surface area is 118 Å². The summed E-state index contributed by atoms with van der Waals surface area (Å²) < 4.78 is 26.8. The first-order valence-electron chi connectivity index (χ1n) is 6.30. The van der Waals surface area contributed by atoms with E-state index in [4.69, 9.17) is 5.73 Å². The number of benzene rings is 1. The predicted octanol–water partition coefficient (Wildman–Crippen LogP) is 1.06. The Kier molecular flexibility index (Phi) is 4.84. The third-order valence-corrected chi connectivity index (χ3v) is 4.25. The van der Waals surface area contributed by atoms with Gasteiger partial charge in [-0.1, -0.05) is 18.2 Å². The van der Waals surface area contributed by atoms with E-state index in [1.165, 1.54) is 0 Å². The van der Waals surface area contributed by atoms with Gasteiger partial charge in [0.2, 0.25) is 10.0 Å². The van der Waals surface area contributed by atoms with Gasteiger partial charge in [0.05, 0.1) is 17.1 Å². The van der Waals surface area contributed by atoms with E-state index < -0.39 is 10.0 Å². The fourth-order valence-electron chi connectivity index (χ4n) is 1.76. The summed E-state index contributed by atoms with van der Waals surface area (Å²) in [5, 5.41) is 0. The maximum absolute atomic E-state index is 12.1. The molecule has 1 aromatic heterocycles. The lowest BCUT2D eigenvalue weighted by Gasteiger charge is -2.07. The van der Waals surface area contributed by atoms with Crippen LogP contribution in [0.2, 0.25) is 0 Å². The topological polar surface area (TPSA) is 85.1 Å². The average molecular weight is 291 g/mol. The second-order valence-electron chi connectivity index (χ2n) is 4.33. The Morgan fingerprint density at radius 2 is 1.85 bits per heavy atom. The number of pyridine rings is 1. The highest BCUT2D eigenvalue weighted by atomic mass is 32.2. The van der Waals surface area contributed by atoms with Crippen LogP contribution in [0.3, 0.4) is 0 Å². The second-order valence-corrected chi connectivity index (χ2v) is 6.10. The monoisotopic (exact) mass is 291 g/mol. The number of aromatic nitrogens is 1. The number of nitrogens with one attached hydrogen (secondary N) is 1. The molecule has 1 aromatic carbocycles. The number of hydrogen-bond donors (Lipinski definition) is 2. The van der Waals surface area contributed by atoms with Crippen molar-refractivity contribution < 1.29 is 8.42 Å². The molecule has 1 heterocycles. The Hall–Kier alpha value is -1.76. The molecular weight excluding hydrogens is 274 g/mol. The molecule has 0 unspecified atom stereocenters. The summed E-state index contributed by atoms with van der Waals surface area (Å²) in [4.78, 5) is 4.32. The third-order valence-electron chi connectivity index (χ3n) is 2.84. The molecule has 0 fully saturated rings. The molecule has 0 atom stereocenters. The molecule has 0 amide bonds. The van der Waals surface area contributed by atoms with Gasteiger partial charge in [0.1, 0.15) is 0 Å². The van der Waals surface area contributed by atoms with Crippen LogP contribution in [0.5, 0.6) is 0 Å². The van der Waals surface area contributed by atoms with E-state index in [2.05, 4.69) is 9.71 Å². The van der Waals surface area contributed by atoms with Crippen LogP contribution < -0.4 is 10.5 Å². The van der Waals surface area contributed by atoms with Crippen LogP contribution in [-0.4, -0.2) is 19.9 Å². The lowest BCUT2D eigenvalue weighted by Crippen LogP contribution is -2.23. The number of nitrogens with zero attached hydrogens (tertiary/aromatic N) is 1. The molecule has 3 N–H and O–H groups in total. The van der Waals surface area contributed by atoms with Gasteiger partial charge >= 0.3 is 0 Å². The molecule has 2 aromatic rings. The van der Waals surface area contributed by atoms with E-state index in [0.717, 1.165) is 12.0 Å². The summed E-state index contributed by atoms with van der Waals surface area (Å²) in [6, 6.07) is 12.1. The van der Waals surface area contributed by atoms with Crippen LogP contribution in [0.4, 0.5) is 0 Å². The van der Waals surface area contributed by atoms with Crippen molar-refractivity contribution in [2.45, 2.75) is 17.9 Å². The molecule has 0 spiro atoms. The van der Waals surface area contributed by atoms with Crippen LogP contribution >= 0.6 is 0 Å². The summed E-state index contributed by atoms with van der Waals surface area (Å²) in [5.41, 5.74) is 7.16. The summed E-state index contributed by atoms with van der Waals surface area (Å²) >= 11 is 0. The first-order chi connectivity index (χ1) is 9.62. The summed E-state index contributed by atoms with van der Waals surface area (Å²) in [5.74, 6) is 0. The smallest absolute Gasteiger partial charge is 0.240 e. The maximum atomic E-state index is 12.1. The van der Waals surface area contributed by atoms with E-state index in [9.17, 15) is 8.42 Å². The Morgan fingerprint density at radius 3 is 2.45 bits per heavy atom. The second kappa shape index (κ2) is 6.60. The van der Waals surface area contributed by atoms with E-state index >= 15 is 0 Å². The van der Waals surface area contributed by atoms with Crippen LogP contribution in [0.1, 0.15) is 11.3 Å². The molecule has 20 heavy (non-hydrogen) atoms. The minimum Gasteiger partial charge on any atom is -0.330 e. The molecular formula is C14H17N3O2S. The van der Waals surface area contributed by atoms with Crippen molar-refractivity contribution >= 4 is 10.0 Å². The van der Waals surface area contributed by atoms with Crippen LogP contribution in [0.25, 0.3) is 0 Å². The van der Waals surface area contributed by atoms with Crippen molar-refractivity contribution in [2.24, 2.45) is 5.73 Å². The fourth-order valence-corrected chi connectivity index (χ4v) is 2.76. The van der Waals surface area contributed by atoms with Crippen molar-refractivity contribution in [3.8, 4) is 0 Å². The average Bonchev–Trinajstić information content (AvgIpc) is 2.47. The van der Waals surface area contributed by atoms with Crippen molar-refractivity contribution in [3.63, 3.8) is 0 Å². The molecule has 0 aliphatic rings. The molecule has 0 aliphatic heterocycles. The molecule has 2 rings (SSSR count). The van der Waals surface area contributed by atoms with E-state index in [1.54, 1.807) is 42.6 Å². The highest BCUT2D eigenvalue weighted by molar-refractivity contribution is 7.89. The highest BCUT2D eigenvalue weighted by Crippen LogP contribution is 2.11. The van der Waals surface area contributed by atoms with Crippen molar-refractivity contribution in [3.05, 3.63) is 59.9 Å². The van der Waals surface area contributed by atoms with Crippen LogP contribution in [0, 0.1) is 0 Å². The Balaban J connectivity index is 2.06. The fraction of sp³-hybridized carbons (Fsp3) is 0.214. The van der Waals surface area contributed by atoms with Gasteiger partial charge in [0.15, 0.2) is 0 Å². The minimum atomic E-state index is -3.51. The van der Waals surface area contributed by atoms with E-state index in [-0.39, 0.29) is 11.4 Å². The Morgan fingerprint density at radius 1 is 1.10 bits per heavy atom. The molecule has 0 bridgehead atoms. The van der Waals surface area contributed by atoms with Crippen molar-refractivity contribution in [1.29, 1.82) is 0 Å². The van der Waals surface area contributed by atoms with Gasteiger partial charge in [-0.3, -0.25) is 4.98 Å². The molecule has 0 saturated carbocycles. The lowest BCUT2D eigenvalue weighted by molar-refractivity contribution is 0.580. The van der Waals surface area contributed by atoms with E-state index in [1.807, 2.05) is 6.07 Å². The lowest BCUT2D eigenvalue weighted by atomic mass is 10.2. The largest absolute Gasteiger partial charge is 0.330 e. The van der Waals surface area contributed by atoms with Gasteiger partial charge in [-0.25, -0.2) is 13.1 Å². The van der Waals surface area contributed by atoms with Gasteiger partial charge in [0, 0.05) is 6.20 Å². The first kappa shape index (κ1) is 14.6. The molecule has 0 saturated heterocycles.